The van der Waals surface area contributed by atoms with E-state index in [0.717, 1.165) is 11.3 Å². The average Bonchev–Trinajstić information content (AvgIpc) is 2.75. The number of carbonyl (C=O) groups excluding carboxylic acids is 1. The molecule has 0 fully saturated rings. The van der Waals surface area contributed by atoms with Crippen molar-refractivity contribution in [3.8, 4) is 17.1 Å². The summed E-state index contributed by atoms with van der Waals surface area (Å²) in [7, 11) is 0. The SMILES string of the molecule is CCN1c2ccccc2OC(=O)c2cnc(-c3ccccc3)nc21. The second-order valence-electron chi connectivity index (χ2n) is 5.40. The average molecular weight is 317 g/mol. The highest BCUT2D eigenvalue weighted by Gasteiger charge is 2.28. The first-order valence-corrected chi connectivity index (χ1v) is 7.79. The maximum absolute atomic E-state index is 12.4. The van der Waals surface area contributed by atoms with E-state index in [0.29, 0.717) is 29.5 Å². The third-order valence-corrected chi connectivity index (χ3v) is 3.95. The molecular weight excluding hydrogens is 302 g/mol. The van der Waals surface area contributed by atoms with Crippen LogP contribution in [0.25, 0.3) is 11.4 Å². The Hall–Kier alpha value is -3.21. The maximum atomic E-state index is 12.4. The minimum atomic E-state index is -0.437. The molecule has 0 saturated carbocycles. The Bertz CT molecular complexity index is 909. The maximum Gasteiger partial charge on any atom is 0.348 e. The molecule has 0 amide bonds. The fourth-order valence-electron chi connectivity index (χ4n) is 2.80. The van der Waals surface area contributed by atoms with Crippen molar-refractivity contribution in [2.75, 3.05) is 11.4 Å². The number of hydrogen-bond acceptors (Lipinski definition) is 5. The van der Waals surface area contributed by atoms with Gasteiger partial charge in [-0.2, -0.15) is 0 Å². The van der Waals surface area contributed by atoms with Gasteiger partial charge in [0.15, 0.2) is 17.4 Å². The minimum Gasteiger partial charge on any atom is -0.421 e. The summed E-state index contributed by atoms with van der Waals surface area (Å²) in [6.07, 6.45) is 1.54. The number of ether oxygens (including phenoxy) is 1. The van der Waals surface area contributed by atoms with Crippen molar-refractivity contribution >= 4 is 17.5 Å². The van der Waals surface area contributed by atoms with Crippen LogP contribution >= 0.6 is 0 Å². The largest absolute Gasteiger partial charge is 0.421 e. The van der Waals surface area contributed by atoms with Crippen molar-refractivity contribution in [3.63, 3.8) is 0 Å². The Labute approximate surface area is 139 Å². The smallest absolute Gasteiger partial charge is 0.348 e. The van der Waals surface area contributed by atoms with Gasteiger partial charge in [0.05, 0.1) is 5.69 Å². The number of benzene rings is 2. The van der Waals surface area contributed by atoms with Crippen LogP contribution in [0.3, 0.4) is 0 Å². The van der Waals surface area contributed by atoms with Crippen molar-refractivity contribution in [2.24, 2.45) is 0 Å². The van der Waals surface area contributed by atoms with E-state index >= 15 is 0 Å². The van der Waals surface area contributed by atoms with E-state index in [2.05, 4.69) is 9.97 Å². The van der Waals surface area contributed by atoms with Crippen molar-refractivity contribution in [2.45, 2.75) is 6.92 Å². The highest BCUT2D eigenvalue weighted by molar-refractivity contribution is 5.99. The van der Waals surface area contributed by atoms with Crippen LogP contribution in [0.4, 0.5) is 11.5 Å². The third-order valence-electron chi connectivity index (χ3n) is 3.95. The molecule has 0 saturated heterocycles. The number of aromatic nitrogens is 2. The summed E-state index contributed by atoms with van der Waals surface area (Å²) in [6, 6.07) is 17.2. The van der Waals surface area contributed by atoms with Gasteiger partial charge in [0.2, 0.25) is 0 Å². The molecule has 1 aliphatic rings. The molecule has 1 aliphatic heterocycles. The Balaban J connectivity index is 1.92. The molecule has 4 rings (SSSR count). The normalized spacial score (nSPS) is 12.9. The quantitative estimate of drug-likeness (QED) is 0.531. The van der Waals surface area contributed by atoms with Crippen LogP contribution in [0.5, 0.6) is 5.75 Å². The molecule has 0 spiro atoms. The number of carbonyl (C=O) groups is 1. The highest BCUT2D eigenvalue weighted by Crippen LogP contribution is 2.38. The summed E-state index contributed by atoms with van der Waals surface area (Å²) in [6.45, 7) is 2.67. The predicted octanol–water partition coefficient (Wildman–Crippen LogP) is 3.83. The number of hydrogen-bond donors (Lipinski definition) is 0. The molecular formula is C19H15N3O2. The van der Waals surface area contributed by atoms with Crippen LogP contribution in [-0.4, -0.2) is 22.5 Å². The van der Waals surface area contributed by atoms with Gasteiger partial charge in [-0.15, -0.1) is 0 Å². The lowest BCUT2D eigenvalue weighted by Crippen LogP contribution is -2.19. The van der Waals surface area contributed by atoms with Gasteiger partial charge < -0.3 is 9.64 Å². The fourth-order valence-corrected chi connectivity index (χ4v) is 2.80. The Morgan fingerprint density at radius 2 is 1.79 bits per heavy atom. The monoisotopic (exact) mass is 317 g/mol. The van der Waals surface area contributed by atoms with Gasteiger partial charge in [-0.25, -0.2) is 14.8 Å². The number of rotatable bonds is 2. The number of anilines is 2. The van der Waals surface area contributed by atoms with E-state index in [9.17, 15) is 4.79 Å². The molecule has 0 aliphatic carbocycles. The zero-order valence-electron chi connectivity index (χ0n) is 13.1. The van der Waals surface area contributed by atoms with Crippen LogP contribution in [0, 0.1) is 0 Å². The summed E-state index contributed by atoms with van der Waals surface area (Å²) in [5.41, 5.74) is 2.10. The summed E-state index contributed by atoms with van der Waals surface area (Å²) >= 11 is 0. The zero-order valence-corrected chi connectivity index (χ0v) is 13.1. The number of fused-ring (bicyclic) bond motifs is 2. The molecule has 0 unspecified atom stereocenters. The van der Waals surface area contributed by atoms with Crippen LogP contribution in [0.2, 0.25) is 0 Å². The summed E-state index contributed by atoms with van der Waals surface area (Å²) in [4.78, 5) is 23.4. The second-order valence-corrected chi connectivity index (χ2v) is 5.40. The molecule has 24 heavy (non-hydrogen) atoms. The van der Waals surface area contributed by atoms with Crippen molar-refractivity contribution in [3.05, 3.63) is 66.4 Å². The Morgan fingerprint density at radius 1 is 1.04 bits per heavy atom. The first kappa shape index (κ1) is 14.4. The molecule has 3 aromatic rings. The number of esters is 1. The summed E-state index contributed by atoms with van der Waals surface area (Å²) in [5, 5.41) is 0. The van der Waals surface area contributed by atoms with Gasteiger partial charge in [-0.1, -0.05) is 42.5 Å². The molecule has 5 nitrogen and oxygen atoms in total. The van der Waals surface area contributed by atoms with E-state index in [4.69, 9.17) is 4.74 Å². The molecule has 0 radical (unpaired) electrons. The van der Waals surface area contributed by atoms with Crippen molar-refractivity contribution < 1.29 is 9.53 Å². The first-order valence-electron chi connectivity index (χ1n) is 7.79. The molecule has 2 aromatic carbocycles. The van der Waals surface area contributed by atoms with Crippen LogP contribution in [-0.2, 0) is 0 Å². The minimum absolute atomic E-state index is 0.368. The second kappa shape index (κ2) is 5.77. The molecule has 118 valence electrons. The van der Waals surface area contributed by atoms with E-state index < -0.39 is 5.97 Å². The molecule has 0 atom stereocenters. The van der Waals surface area contributed by atoms with Crippen molar-refractivity contribution in [1.82, 2.24) is 9.97 Å². The summed E-state index contributed by atoms with van der Waals surface area (Å²) in [5.74, 6) is 1.25. The van der Waals surface area contributed by atoms with Crippen molar-refractivity contribution in [1.29, 1.82) is 0 Å². The van der Waals surface area contributed by atoms with Crippen LogP contribution in [0.1, 0.15) is 17.3 Å². The van der Waals surface area contributed by atoms with E-state index in [1.807, 2.05) is 60.4 Å². The molecule has 1 aromatic heterocycles. The van der Waals surface area contributed by atoms with E-state index in [-0.39, 0.29) is 0 Å². The van der Waals surface area contributed by atoms with Gasteiger partial charge in [0, 0.05) is 18.3 Å². The van der Waals surface area contributed by atoms with E-state index in [1.165, 1.54) is 0 Å². The molecule has 5 heteroatoms. The highest BCUT2D eigenvalue weighted by atomic mass is 16.5. The topological polar surface area (TPSA) is 55.3 Å². The third kappa shape index (κ3) is 2.31. The summed E-state index contributed by atoms with van der Waals surface area (Å²) < 4.78 is 5.50. The zero-order chi connectivity index (χ0) is 16.5. The number of para-hydroxylation sites is 2. The number of nitrogens with zero attached hydrogens (tertiary/aromatic N) is 3. The van der Waals surface area contributed by atoms with Gasteiger partial charge in [-0.3, -0.25) is 0 Å². The van der Waals surface area contributed by atoms with Gasteiger partial charge >= 0.3 is 5.97 Å². The Morgan fingerprint density at radius 3 is 2.58 bits per heavy atom. The predicted molar refractivity (Wildman–Crippen MR) is 91.5 cm³/mol. The van der Waals surface area contributed by atoms with Crippen LogP contribution in [0.15, 0.2) is 60.8 Å². The standard InChI is InChI=1S/C19H15N3O2/c1-2-22-15-10-6-7-11-16(15)24-19(23)14-12-20-17(21-18(14)22)13-8-4-3-5-9-13/h3-12H,2H2,1H3. The molecule has 0 bridgehead atoms. The fraction of sp³-hybridized carbons (Fsp3) is 0.105. The van der Waals surface area contributed by atoms with Gasteiger partial charge in [0.25, 0.3) is 0 Å². The Kier molecular flexibility index (Phi) is 3.46. The lowest BCUT2D eigenvalue weighted by Gasteiger charge is -2.22. The van der Waals surface area contributed by atoms with Crippen LogP contribution < -0.4 is 9.64 Å². The first-order chi connectivity index (χ1) is 11.8. The molecule has 0 N–H and O–H groups in total. The van der Waals surface area contributed by atoms with Gasteiger partial charge in [0.1, 0.15) is 5.56 Å². The molecule has 2 heterocycles. The van der Waals surface area contributed by atoms with E-state index in [1.54, 1.807) is 12.3 Å². The lowest BCUT2D eigenvalue weighted by molar-refractivity contribution is 0.0738. The lowest BCUT2D eigenvalue weighted by atomic mass is 10.2. The van der Waals surface area contributed by atoms with Gasteiger partial charge in [-0.05, 0) is 19.1 Å².